The van der Waals surface area contributed by atoms with Crippen LogP contribution in [0, 0.1) is 29.5 Å². The molecule has 2 aromatic rings. The fraction of sp³-hybridized carbons (Fsp3) is 0.745. The number of pyridine rings is 1. The van der Waals surface area contributed by atoms with Crippen LogP contribution < -0.4 is 16.1 Å². The van der Waals surface area contributed by atoms with E-state index >= 15 is 4.39 Å². The van der Waals surface area contributed by atoms with Crippen LogP contribution in [0.25, 0.3) is 10.9 Å². The Morgan fingerprint density at radius 2 is 1.64 bits per heavy atom. The van der Waals surface area contributed by atoms with Crippen molar-refractivity contribution in [1.82, 2.24) is 14.8 Å². The lowest BCUT2D eigenvalue weighted by Gasteiger charge is -2.48. The standard InChI is InChI=1S/C55H84FN5O15/c1-13-42-55(8)49(75-53(68)76-55)32(4)44(59-70-12)30(2)28-54(7,69-11)48(74-52-46(64)41(60(9)10)25-31(3)71-52)33(5)47(34(6)51(67)72-42)73-43(62)21-24-57-22-17-15-14-16-18-23-58-39-27-40-36(26-38(39)56)45(63)37(50(65)66)29-61(40)35-19-20-35/h26-27,29-35,41-42,46-49,52,57-58,64H,13-25,28H2,1-12H3,(H,65,66)/b59-44+/t30-,31-,32+,33+,34-,41+,42-,46-,47+,48-,49-,52+,54-,55-/m1/s1. The third-order valence-electron chi connectivity index (χ3n) is 16.1. The number of carboxylic acids is 1. The van der Waals surface area contributed by atoms with E-state index in [1.807, 2.05) is 60.5 Å². The maximum atomic E-state index is 15.2. The summed E-state index contributed by atoms with van der Waals surface area (Å²) in [6, 6.07) is 2.49. The summed E-state index contributed by atoms with van der Waals surface area (Å²) in [7, 11) is 6.73. The van der Waals surface area contributed by atoms with Gasteiger partial charge in [0.25, 0.3) is 0 Å². The first-order valence-corrected chi connectivity index (χ1v) is 27.2. The summed E-state index contributed by atoms with van der Waals surface area (Å²) in [6.07, 6.45) is 0.962. The number of hydrogen-bond donors (Lipinski definition) is 4. The first kappa shape index (κ1) is 60.3. The number of aromatic carboxylic acids is 1. The highest BCUT2D eigenvalue weighted by atomic mass is 19.1. The van der Waals surface area contributed by atoms with Crippen molar-refractivity contribution in [2.45, 2.75) is 192 Å². The number of hydrogen-bond acceptors (Lipinski definition) is 18. The summed E-state index contributed by atoms with van der Waals surface area (Å²) in [5.41, 5.74) is -2.43. The smallest absolute Gasteiger partial charge is 0.477 e. The number of nitrogens with zero attached hydrogens (tertiary/aromatic N) is 3. The molecule has 1 saturated carbocycles. The van der Waals surface area contributed by atoms with Crippen molar-refractivity contribution in [2.24, 2.45) is 28.8 Å². The second kappa shape index (κ2) is 26.1. The van der Waals surface area contributed by atoms with E-state index in [0.717, 1.165) is 51.0 Å². The van der Waals surface area contributed by atoms with Gasteiger partial charge in [0.05, 0.1) is 47.1 Å². The number of aliphatic hydroxyl groups is 1. The molecule has 1 aromatic heterocycles. The lowest BCUT2D eigenvalue weighted by molar-refractivity contribution is -0.301. The monoisotopic (exact) mass is 1070 g/mol. The van der Waals surface area contributed by atoms with Gasteiger partial charge in [-0.15, -0.1) is 0 Å². The van der Waals surface area contributed by atoms with Gasteiger partial charge >= 0.3 is 24.1 Å². The van der Waals surface area contributed by atoms with Gasteiger partial charge in [0.15, 0.2) is 18.0 Å². The lowest BCUT2D eigenvalue weighted by Crippen LogP contribution is -2.60. The number of oxime groups is 1. The zero-order valence-corrected chi connectivity index (χ0v) is 46.6. The Morgan fingerprint density at radius 1 is 0.961 bits per heavy atom. The number of anilines is 1. The van der Waals surface area contributed by atoms with Crippen LogP contribution in [0.5, 0.6) is 0 Å². The lowest BCUT2D eigenvalue weighted by atomic mass is 9.73. The number of esters is 2. The minimum atomic E-state index is -1.44. The van der Waals surface area contributed by atoms with Crippen molar-refractivity contribution in [1.29, 1.82) is 0 Å². The molecule has 3 saturated heterocycles. The predicted octanol–water partition coefficient (Wildman–Crippen LogP) is 7.21. The first-order valence-electron chi connectivity index (χ1n) is 27.2. The van der Waals surface area contributed by atoms with E-state index in [0.29, 0.717) is 37.3 Å². The van der Waals surface area contributed by atoms with Gasteiger partial charge in [-0.1, -0.05) is 52.1 Å². The molecule has 14 atom stereocenters. The molecule has 4 aliphatic rings. The molecule has 426 valence electrons. The second-order valence-electron chi connectivity index (χ2n) is 22.1. The molecule has 0 unspecified atom stereocenters. The van der Waals surface area contributed by atoms with Crippen LogP contribution in [0.2, 0.25) is 0 Å². The van der Waals surface area contributed by atoms with Crippen LogP contribution in [0.3, 0.4) is 0 Å². The molecule has 1 aromatic carbocycles. The van der Waals surface area contributed by atoms with E-state index in [1.54, 1.807) is 31.6 Å². The first-order chi connectivity index (χ1) is 36.0. The van der Waals surface area contributed by atoms with Crippen molar-refractivity contribution in [3.63, 3.8) is 0 Å². The zero-order chi connectivity index (χ0) is 55.8. The fourth-order valence-electron chi connectivity index (χ4n) is 11.7. The van der Waals surface area contributed by atoms with E-state index in [2.05, 4.69) is 15.8 Å². The second-order valence-corrected chi connectivity index (χ2v) is 22.1. The number of aliphatic hydroxyl groups excluding tert-OH is 1. The average Bonchev–Trinajstić information content (AvgIpc) is 4.17. The molecule has 21 heteroatoms. The number of carbonyl (C=O) groups excluding carboxylic acids is 3. The number of methoxy groups -OCH3 is 1. The molecular weight excluding hydrogens is 990 g/mol. The summed E-state index contributed by atoms with van der Waals surface area (Å²) in [5.74, 6) is -6.09. The number of benzene rings is 1. The van der Waals surface area contributed by atoms with E-state index < -0.39 is 107 Å². The number of unbranched alkanes of at least 4 members (excludes halogenated alkanes) is 4. The number of carboxylic acid groups (broad SMARTS) is 1. The van der Waals surface area contributed by atoms with Gasteiger partial charge in [-0.2, -0.15) is 0 Å². The van der Waals surface area contributed by atoms with E-state index in [-0.39, 0.29) is 54.1 Å². The molecule has 0 amide bonds. The fourth-order valence-corrected chi connectivity index (χ4v) is 11.7. The Labute approximate surface area is 445 Å². The molecule has 20 nitrogen and oxygen atoms in total. The minimum Gasteiger partial charge on any atom is -0.477 e. The summed E-state index contributed by atoms with van der Waals surface area (Å²) < 4.78 is 60.9. The third kappa shape index (κ3) is 13.8. The molecular formula is C55H84FN5O15. The van der Waals surface area contributed by atoms with Crippen LogP contribution in [0.15, 0.2) is 28.3 Å². The number of fused-ring (bicyclic) bond motifs is 2. The Kier molecular flexibility index (Phi) is 20.7. The predicted molar refractivity (Wildman–Crippen MR) is 281 cm³/mol. The molecule has 3 aliphatic heterocycles. The highest BCUT2D eigenvalue weighted by Crippen LogP contribution is 2.44. The molecule has 6 rings (SSSR count). The number of nitrogens with one attached hydrogen (secondary N) is 2. The molecule has 4 N–H and O–H groups in total. The maximum Gasteiger partial charge on any atom is 0.509 e. The van der Waals surface area contributed by atoms with Gasteiger partial charge in [0.2, 0.25) is 5.43 Å². The molecule has 0 bridgehead atoms. The number of aromatic nitrogens is 1. The SMILES string of the molecule is CC[C@H]1OC(=O)[C@H](C)[C@@H](OC(=O)CCNCCCCCCCNc2cc3c(cc2F)c(=O)c(C(=O)O)cn3C2CC2)[C@H](C)[C@@H](O[C@@H]2O[C@H](C)C[C@H](N(C)C)[C@H]2O)[C@](C)(OC)C[C@@H](C)/C(=N\OC)[C@H](C)[C@H]2OC(=O)O[C@@]21C. The maximum absolute atomic E-state index is 15.2. The van der Waals surface area contributed by atoms with Crippen molar-refractivity contribution in [3.8, 4) is 0 Å². The van der Waals surface area contributed by atoms with Crippen LogP contribution >= 0.6 is 0 Å². The van der Waals surface area contributed by atoms with Crippen LogP contribution in [-0.4, -0.2) is 158 Å². The van der Waals surface area contributed by atoms with Crippen LogP contribution in [0.1, 0.15) is 142 Å². The normalized spacial score (nSPS) is 33.0. The Morgan fingerprint density at radius 3 is 2.28 bits per heavy atom. The van der Waals surface area contributed by atoms with Gasteiger partial charge in [-0.25, -0.2) is 14.0 Å². The number of ether oxygens (including phenoxy) is 7. The number of carbonyl (C=O) groups is 4. The summed E-state index contributed by atoms with van der Waals surface area (Å²) in [4.78, 5) is 73.4. The molecule has 1 aliphatic carbocycles. The number of cyclic esters (lactones) is 1. The quantitative estimate of drug-likeness (QED) is 0.0418. The van der Waals surface area contributed by atoms with Crippen molar-refractivity contribution < 1.29 is 71.8 Å². The Bertz CT molecular complexity index is 2440. The summed E-state index contributed by atoms with van der Waals surface area (Å²) >= 11 is 0. The molecule has 0 radical (unpaired) electrons. The van der Waals surface area contributed by atoms with E-state index in [4.69, 9.17) is 38.0 Å². The van der Waals surface area contributed by atoms with Gasteiger partial charge in [-0.05, 0) is 105 Å². The third-order valence-corrected chi connectivity index (χ3v) is 16.1. The number of likely N-dealkylation sites (N-methyl/N-ethyl adjacent to an activating group) is 1. The zero-order valence-electron chi connectivity index (χ0n) is 46.6. The van der Waals surface area contributed by atoms with Crippen LogP contribution in [0.4, 0.5) is 14.9 Å². The van der Waals surface area contributed by atoms with E-state index in [1.165, 1.54) is 13.3 Å². The van der Waals surface area contributed by atoms with Crippen LogP contribution in [-0.2, 0) is 47.6 Å². The largest absolute Gasteiger partial charge is 0.509 e. The van der Waals surface area contributed by atoms with E-state index in [9.17, 15) is 34.2 Å². The molecule has 76 heavy (non-hydrogen) atoms. The Hall–Kier alpha value is -4.93. The minimum absolute atomic E-state index is 0.0184. The number of halogens is 1. The summed E-state index contributed by atoms with van der Waals surface area (Å²) in [5, 5.41) is 32.3. The van der Waals surface area contributed by atoms with Gasteiger partial charge in [0, 0.05) is 61.6 Å². The van der Waals surface area contributed by atoms with Gasteiger partial charge in [-0.3, -0.25) is 14.4 Å². The Balaban J connectivity index is 1.11. The summed E-state index contributed by atoms with van der Waals surface area (Å²) in [6.45, 7) is 15.9. The van der Waals surface area contributed by atoms with Crippen molar-refractivity contribution >= 4 is 46.4 Å². The van der Waals surface area contributed by atoms with Crippen molar-refractivity contribution in [3.05, 3.63) is 39.9 Å². The average molecular weight is 1070 g/mol. The molecule has 0 spiro atoms. The molecule has 4 heterocycles. The van der Waals surface area contributed by atoms with Crippen molar-refractivity contribution in [2.75, 3.05) is 53.3 Å². The highest BCUT2D eigenvalue weighted by Gasteiger charge is 2.59. The van der Waals surface area contributed by atoms with Gasteiger partial charge < -0.3 is 68.3 Å². The highest BCUT2D eigenvalue weighted by molar-refractivity contribution is 5.93. The number of rotatable bonds is 21. The topological polar surface area (TPSA) is 244 Å². The van der Waals surface area contributed by atoms with Gasteiger partial charge in [0.1, 0.15) is 36.8 Å². The molecule has 4 fully saturated rings.